The minimum atomic E-state index is -4.64. The third-order valence-electron chi connectivity index (χ3n) is 12.5. The standard InChI is InChI=1S/C17H18O4Si.C14H10O4.C14H8O4.C10H5BrO3.C7H14OSi.C2HF3O.C2H7P.3CH4.2Cu.O/c1-10(21-22(2,3)4)14-9-13-15(18)11-7-5-6-8-12(11)16(19)17(13)20-14;2*1-7(15)11-6-10-12(16)8-4-2-3-5-9(8)13(17)14(10)18-11;11-7-8(12)5-3-1-2-4-6(5)9(13)10(7)14;1-6-7(2)8-9(3,4)5;3-2(4,5)1-6;1-3-2;;;;;;/h5-10H,1-4H3;2-7,15H,1H3;2-6H,1H3;1-4,12H;1,7H,2-5H3;1H;3H,1-2H3;3*1H4;;;. The molecule has 0 spiro atoms. The van der Waals surface area contributed by atoms with E-state index in [4.69, 9.17) is 37.2 Å². The molecule has 0 saturated heterocycles. The molecular weight excluding hydrogens is 1470 g/mol. The number of ketones is 9. The van der Waals surface area contributed by atoms with Crippen molar-refractivity contribution in [1.29, 1.82) is 0 Å². The molecule has 4 aliphatic rings. The molecule has 0 bridgehead atoms. The fourth-order valence-electron chi connectivity index (χ4n) is 8.73. The van der Waals surface area contributed by atoms with E-state index in [0.717, 1.165) is 8.58 Å². The average molecular weight is 1540 g/mol. The normalized spacial score (nSPS) is 13.5. The average Bonchev–Trinajstić information content (AvgIpc) is 1.62. The number of furan rings is 3. The van der Waals surface area contributed by atoms with Gasteiger partial charge in [-0.3, -0.25) is 47.9 Å². The van der Waals surface area contributed by atoms with E-state index in [-0.39, 0.29) is 148 Å². The van der Waals surface area contributed by atoms with Gasteiger partial charge in [-0.05, 0) is 108 Å². The molecule has 1 radical (unpaired) electrons. The van der Waals surface area contributed by atoms with E-state index >= 15 is 0 Å². The number of allylic oxidation sites excluding steroid dienone is 1. The zero-order valence-corrected chi connectivity index (χ0v) is 58.4. The second-order valence-corrected chi connectivity index (χ2v) is 32.6. The van der Waals surface area contributed by atoms with Crippen LogP contribution in [0.5, 0.6) is 0 Å². The van der Waals surface area contributed by atoms with Crippen molar-refractivity contribution in [3.05, 3.63) is 216 Å². The predicted molar refractivity (Wildman–Crippen MR) is 360 cm³/mol. The van der Waals surface area contributed by atoms with Crippen LogP contribution in [-0.2, 0) is 55.3 Å². The van der Waals surface area contributed by atoms with Crippen LogP contribution in [0.1, 0.15) is 196 Å². The number of fused-ring (bicyclic) bond motifs is 7. The van der Waals surface area contributed by atoms with E-state index in [2.05, 4.69) is 90.4 Å². The van der Waals surface area contributed by atoms with E-state index < -0.39 is 46.8 Å². The van der Waals surface area contributed by atoms with E-state index in [1.807, 2.05) is 13.8 Å². The van der Waals surface area contributed by atoms with Crippen molar-refractivity contribution in [3.8, 4) is 12.3 Å². The number of aliphatic hydroxyl groups excluding tert-OH is 2. The van der Waals surface area contributed by atoms with Gasteiger partial charge in [0.2, 0.25) is 35.2 Å². The Bertz CT molecular complexity index is 3910. The number of aliphatic hydroxyl groups is 2. The SMILES string of the molecule is C.C.C.C#CC(C)O[Si](C)(C)C.CC(=O)c1cc2c(o1)C(=O)c1ccccc1C2=O.CC(O)c1cc2c(o1)C(=O)c1ccccc1C2=O.CC(O[Si](C)(C)C)c1cc2c(o1)C(=O)c1ccccc1C2=O.CPC.O=C1C(=O)c2ccccc2C(O)=C1Br.O=CC(F)(F)F.[Cu].[O]=[Cu]. The number of alkyl halides is 3. The Morgan fingerprint density at radius 1 is 0.562 bits per heavy atom. The third kappa shape index (κ3) is 22.5. The summed E-state index contributed by atoms with van der Waals surface area (Å²) in [6, 6.07) is 30.9. The summed E-state index contributed by atoms with van der Waals surface area (Å²) >= 11 is 5.83. The van der Waals surface area contributed by atoms with Gasteiger partial charge in [0.15, 0.2) is 62.8 Å². The number of benzene rings is 4. The molecule has 522 valence electrons. The molecule has 0 fully saturated rings. The number of rotatable bonds is 7. The fraction of sp³-hybridized carbons (Fsp3) is 0.275. The second kappa shape index (κ2) is 38.3. The number of terminal acetylenes is 1. The number of Topliss-reactive ketones (excluding diaryl/α,β-unsaturated/α-hetero) is 3. The van der Waals surface area contributed by atoms with Crippen molar-refractivity contribution in [2.75, 3.05) is 13.3 Å². The van der Waals surface area contributed by atoms with Crippen molar-refractivity contribution in [3.63, 3.8) is 0 Å². The molecule has 27 heteroatoms. The Kier molecular flexibility index (Phi) is 35.3. The molecule has 0 amide bonds. The van der Waals surface area contributed by atoms with Gasteiger partial charge in [0.1, 0.15) is 40.1 Å². The molecule has 4 aliphatic carbocycles. The van der Waals surface area contributed by atoms with Gasteiger partial charge in [-0.25, -0.2) is 0 Å². The molecule has 3 aromatic heterocycles. The molecule has 3 heterocycles. The first-order chi connectivity index (χ1) is 43.0. The van der Waals surface area contributed by atoms with E-state index in [1.165, 1.54) is 32.0 Å². The molecule has 96 heavy (non-hydrogen) atoms. The molecule has 4 aromatic carbocycles. The van der Waals surface area contributed by atoms with Crippen LogP contribution in [-0.4, -0.2) is 111 Å². The molecule has 11 rings (SSSR count). The summed E-state index contributed by atoms with van der Waals surface area (Å²) < 4.78 is 66.6. The molecule has 0 saturated carbocycles. The third-order valence-corrected chi connectivity index (χ3v) is 15.3. The first-order valence-corrected chi connectivity index (χ1v) is 37.5. The van der Waals surface area contributed by atoms with Crippen LogP contribution in [0.2, 0.25) is 39.3 Å². The van der Waals surface area contributed by atoms with E-state index in [0.29, 0.717) is 50.3 Å². The van der Waals surface area contributed by atoms with Crippen LogP contribution < -0.4 is 0 Å². The molecule has 18 nitrogen and oxygen atoms in total. The Hall–Kier alpha value is -7.63. The number of carbonyl (C=O) groups excluding carboxylic acids is 10. The molecule has 3 unspecified atom stereocenters. The number of carbonyl (C=O) groups is 10. The van der Waals surface area contributed by atoms with Gasteiger partial charge in [-0.2, -0.15) is 13.2 Å². The van der Waals surface area contributed by atoms with Gasteiger partial charge < -0.3 is 32.3 Å². The van der Waals surface area contributed by atoms with Crippen LogP contribution >= 0.6 is 24.5 Å². The first-order valence-electron chi connectivity index (χ1n) is 27.5. The Balaban J connectivity index is 0.00000114. The first kappa shape index (κ1) is 88.4. The van der Waals surface area contributed by atoms with Crippen molar-refractivity contribution in [2.24, 2.45) is 0 Å². The number of aldehydes is 1. The van der Waals surface area contributed by atoms with Crippen molar-refractivity contribution < 1.29 is 130 Å². The number of hydrogen-bond acceptors (Lipinski definition) is 18. The molecule has 3 atom stereocenters. The van der Waals surface area contributed by atoms with E-state index in [9.17, 15) is 66.5 Å². The topological polar surface area (TPSA) is 286 Å². The van der Waals surface area contributed by atoms with Gasteiger partial charge in [0, 0.05) is 68.5 Å². The van der Waals surface area contributed by atoms with Crippen LogP contribution in [0.3, 0.4) is 0 Å². The monoisotopic (exact) mass is 1540 g/mol. The summed E-state index contributed by atoms with van der Waals surface area (Å²) in [5, 5.41) is 19.0. The Labute approximate surface area is 586 Å². The van der Waals surface area contributed by atoms with Gasteiger partial charge in [-0.15, -0.1) is 15.0 Å². The van der Waals surface area contributed by atoms with Crippen LogP contribution in [0, 0.1) is 12.3 Å². The molecule has 0 aliphatic heterocycles. The quantitative estimate of drug-likeness (QED) is 0.0374. The van der Waals surface area contributed by atoms with Crippen molar-refractivity contribution >= 4 is 105 Å². The zero-order chi connectivity index (χ0) is 69.5. The van der Waals surface area contributed by atoms with Crippen LogP contribution in [0.25, 0.3) is 5.76 Å². The predicted octanol–water partition coefficient (Wildman–Crippen LogP) is 15.7. The van der Waals surface area contributed by atoms with E-state index in [1.54, 1.807) is 97.1 Å². The summed E-state index contributed by atoms with van der Waals surface area (Å²) in [7, 11) is -2.04. The Morgan fingerprint density at radius 2 is 0.854 bits per heavy atom. The maximum absolute atomic E-state index is 12.5. The van der Waals surface area contributed by atoms with Gasteiger partial charge in [0.25, 0.3) is 0 Å². The summed E-state index contributed by atoms with van der Waals surface area (Å²) in [5.41, 5.74) is 3.62. The summed E-state index contributed by atoms with van der Waals surface area (Å²) in [6.45, 7) is 23.6. The second-order valence-electron chi connectivity index (χ2n) is 21.9. The summed E-state index contributed by atoms with van der Waals surface area (Å²) in [4.78, 5) is 116. The molecular formula is C69H75BrCu2F3O18PSi2. The Morgan fingerprint density at radius 3 is 1.16 bits per heavy atom. The van der Waals surface area contributed by atoms with Crippen molar-refractivity contribution in [1.82, 2.24) is 0 Å². The van der Waals surface area contributed by atoms with Crippen LogP contribution in [0.15, 0.2) is 133 Å². The van der Waals surface area contributed by atoms with Gasteiger partial charge >= 0.3 is 26.0 Å². The number of hydrogen-bond donors (Lipinski definition) is 2. The van der Waals surface area contributed by atoms with Crippen LogP contribution in [0.4, 0.5) is 13.2 Å². The summed E-state index contributed by atoms with van der Waals surface area (Å²) in [5.74, 6) is 0.0655. The molecule has 7 aromatic rings. The minimum absolute atomic E-state index is 0. The number of halogens is 4. The maximum atomic E-state index is 12.5. The molecule has 2 N–H and O–H groups in total. The van der Waals surface area contributed by atoms with Gasteiger partial charge in [0.05, 0.1) is 16.7 Å². The summed E-state index contributed by atoms with van der Waals surface area (Å²) in [6.07, 6.45) is -1.72. The zero-order valence-electron chi connectivity index (χ0n) is 51.9. The van der Waals surface area contributed by atoms with Crippen molar-refractivity contribution in [2.45, 2.75) is 114 Å². The van der Waals surface area contributed by atoms with Gasteiger partial charge in [-0.1, -0.05) is 125 Å². The fourth-order valence-corrected chi connectivity index (χ4v) is 11.4.